The number of hydrogen-bond acceptors (Lipinski definition) is 6. The standard InChI is InChI=1S/C12H8N2O4/c1-17-12(16)11-9(15)5-7(8(6-13)14-11)10-3-2-4-18-10/h2-5,15H,1H3. The molecule has 6 nitrogen and oxygen atoms in total. The number of nitrogens with zero attached hydrogens (tertiary/aromatic N) is 2. The molecule has 0 amide bonds. The van der Waals surface area contributed by atoms with Gasteiger partial charge in [0.2, 0.25) is 0 Å². The Labute approximate surface area is 102 Å². The first-order chi connectivity index (χ1) is 8.67. The Hall–Kier alpha value is -2.81. The van der Waals surface area contributed by atoms with E-state index >= 15 is 0 Å². The molecule has 6 heteroatoms. The number of aromatic nitrogens is 1. The fourth-order valence-corrected chi connectivity index (χ4v) is 1.45. The highest BCUT2D eigenvalue weighted by Crippen LogP contribution is 2.28. The average molecular weight is 244 g/mol. The van der Waals surface area contributed by atoms with Crippen molar-refractivity contribution in [2.45, 2.75) is 0 Å². The van der Waals surface area contributed by atoms with Crippen LogP contribution in [0.15, 0.2) is 28.9 Å². The summed E-state index contributed by atoms with van der Waals surface area (Å²) in [6.07, 6.45) is 1.43. The van der Waals surface area contributed by atoms with E-state index in [0.717, 1.165) is 7.11 Å². The van der Waals surface area contributed by atoms with E-state index in [4.69, 9.17) is 9.68 Å². The van der Waals surface area contributed by atoms with Crippen molar-refractivity contribution in [1.29, 1.82) is 5.26 Å². The van der Waals surface area contributed by atoms with Crippen molar-refractivity contribution in [3.05, 3.63) is 35.9 Å². The highest BCUT2D eigenvalue weighted by atomic mass is 16.5. The molecule has 0 bridgehead atoms. The molecule has 2 aromatic heterocycles. The Morgan fingerprint density at radius 3 is 2.94 bits per heavy atom. The minimum atomic E-state index is -0.810. The summed E-state index contributed by atoms with van der Waals surface area (Å²) >= 11 is 0. The highest BCUT2D eigenvalue weighted by molar-refractivity contribution is 5.91. The monoisotopic (exact) mass is 244 g/mol. The van der Waals surface area contributed by atoms with E-state index in [1.54, 1.807) is 12.1 Å². The normalized spacial score (nSPS) is 9.78. The van der Waals surface area contributed by atoms with Gasteiger partial charge in [0.05, 0.1) is 18.9 Å². The van der Waals surface area contributed by atoms with Crippen LogP contribution in [0.25, 0.3) is 11.3 Å². The maximum Gasteiger partial charge on any atom is 0.360 e. The van der Waals surface area contributed by atoms with Crippen LogP contribution in [-0.2, 0) is 4.74 Å². The van der Waals surface area contributed by atoms with Crippen molar-refractivity contribution in [2.24, 2.45) is 0 Å². The third kappa shape index (κ3) is 1.89. The van der Waals surface area contributed by atoms with E-state index in [1.807, 2.05) is 6.07 Å². The summed E-state index contributed by atoms with van der Waals surface area (Å²) in [6, 6.07) is 6.35. The Kier molecular flexibility index (Phi) is 2.98. The molecule has 1 N–H and O–H groups in total. The van der Waals surface area contributed by atoms with E-state index < -0.39 is 5.97 Å². The Morgan fingerprint density at radius 2 is 2.39 bits per heavy atom. The highest BCUT2D eigenvalue weighted by Gasteiger charge is 2.19. The van der Waals surface area contributed by atoms with Crippen LogP contribution in [0, 0.1) is 11.3 Å². The fraction of sp³-hybridized carbons (Fsp3) is 0.0833. The van der Waals surface area contributed by atoms with Gasteiger partial charge in [-0.1, -0.05) is 0 Å². The van der Waals surface area contributed by atoms with Gasteiger partial charge >= 0.3 is 5.97 Å². The quantitative estimate of drug-likeness (QED) is 0.807. The molecule has 0 spiro atoms. The van der Waals surface area contributed by atoms with Crippen molar-refractivity contribution in [3.8, 4) is 23.1 Å². The predicted molar refractivity (Wildman–Crippen MR) is 59.7 cm³/mol. The lowest BCUT2D eigenvalue weighted by molar-refractivity contribution is 0.0590. The van der Waals surface area contributed by atoms with E-state index in [-0.39, 0.29) is 17.1 Å². The number of nitriles is 1. The summed E-state index contributed by atoms with van der Waals surface area (Å²) in [6.45, 7) is 0. The summed E-state index contributed by atoms with van der Waals surface area (Å²) in [5.74, 6) is -0.798. The second-order valence-electron chi connectivity index (χ2n) is 3.33. The van der Waals surface area contributed by atoms with Crippen molar-refractivity contribution in [3.63, 3.8) is 0 Å². The van der Waals surface area contributed by atoms with Crippen LogP contribution in [0.3, 0.4) is 0 Å². The number of carbonyl (C=O) groups excluding carboxylic acids is 1. The summed E-state index contributed by atoms with van der Waals surface area (Å²) in [5, 5.41) is 18.7. The molecule has 0 aliphatic carbocycles. The summed E-state index contributed by atoms with van der Waals surface area (Å²) in [5.41, 5.74) is -0.0137. The van der Waals surface area contributed by atoms with Gasteiger partial charge in [-0.05, 0) is 18.2 Å². The van der Waals surface area contributed by atoms with Crippen molar-refractivity contribution in [1.82, 2.24) is 4.98 Å². The number of carbonyl (C=O) groups is 1. The van der Waals surface area contributed by atoms with Gasteiger partial charge in [0.1, 0.15) is 17.6 Å². The molecule has 0 saturated carbocycles. The average Bonchev–Trinajstić information content (AvgIpc) is 2.91. The van der Waals surface area contributed by atoms with Gasteiger partial charge in [-0.2, -0.15) is 5.26 Å². The SMILES string of the molecule is COC(=O)c1nc(C#N)c(-c2ccco2)cc1O. The summed E-state index contributed by atoms with van der Waals surface area (Å²) in [7, 11) is 1.16. The zero-order valence-corrected chi connectivity index (χ0v) is 9.38. The number of rotatable bonds is 2. The maximum atomic E-state index is 11.3. The number of hydrogen-bond donors (Lipinski definition) is 1. The largest absolute Gasteiger partial charge is 0.505 e. The lowest BCUT2D eigenvalue weighted by Gasteiger charge is -2.05. The predicted octanol–water partition coefficient (Wildman–Crippen LogP) is 1.71. The van der Waals surface area contributed by atoms with E-state index in [2.05, 4.69) is 9.72 Å². The maximum absolute atomic E-state index is 11.3. The number of aromatic hydroxyl groups is 1. The van der Waals surface area contributed by atoms with Crippen LogP contribution >= 0.6 is 0 Å². The number of pyridine rings is 1. The molecule has 2 aromatic rings. The lowest BCUT2D eigenvalue weighted by atomic mass is 10.1. The van der Waals surface area contributed by atoms with E-state index in [9.17, 15) is 9.90 Å². The summed E-state index contributed by atoms with van der Waals surface area (Å²) in [4.78, 5) is 15.1. The molecule has 2 heterocycles. The number of esters is 1. The van der Waals surface area contributed by atoms with Crippen molar-refractivity contribution < 1.29 is 19.1 Å². The van der Waals surface area contributed by atoms with Crippen molar-refractivity contribution >= 4 is 5.97 Å². The third-order valence-corrected chi connectivity index (χ3v) is 2.27. The fourth-order valence-electron chi connectivity index (χ4n) is 1.45. The first kappa shape index (κ1) is 11.7. The molecule has 0 fully saturated rings. The van der Waals surface area contributed by atoms with Crippen LogP contribution in [0.4, 0.5) is 0 Å². The first-order valence-electron chi connectivity index (χ1n) is 4.93. The smallest absolute Gasteiger partial charge is 0.360 e. The van der Waals surface area contributed by atoms with Gasteiger partial charge in [-0.15, -0.1) is 0 Å². The van der Waals surface area contributed by atoms with Gasteiger partial charge in [0.25, 0.3) is 0 Å². The van der Waals surface area contributed by atoms with E-state index in [0.29, 0.717) is 11.3 Å². The van der Waals surface area contributed by atoms with Gasteiger partial charge in [-0.25, -0.2) is 9.78 Å². The molecular weight excluding hydrogens is 236 g/mol. The van der Waals surface area contributed by atoms with Crippen LogP contribution in [0.5, 0.6) is 5.75 Å². The molecule has 2 rings (SSSR count). The van der Waals surface area contributed by atoms with Gasteiger partial charge in [-0.3, -0.25) is 0 Å². The minimum absolute atomic E-state index is 0.0249. The molecule has 0 radical (unpaired) electrons. The molecule has 18 heavy (non-hydrogen) atoms. The van der Waals surface area contributed by atoms with Crippen LogP contribution in [-0.4, -0.2) is 23.2 Å². The molecule has 0 aliphatic heterocycles. The molecule has 0 aliphatic rings. The second kappa shape index (κ2) is 4.59. The van der Waals surface area contributed by atoms with E-state index in [1.165, 1.54) is 12.3 Å². The molecule has 0 aromatic carbocycles. The zero-order chi connectivity index (χ0) is 13.1. The molecule has 0 saturated heterocycles. The zero-order valence-electron chi connectivity index (χ0n) is 9.38. The molecular formula is C12H8N2O4. The Balaban J connectivity index is 2.62. The Bertz CT molecular complexity index is 626. The molecule has 90 valence electrons. The number of furan rings is 1. The van der Waals surface area contributed by atoms with Crippen LogP contribution < -0.4 is 0 Å². The summed E-state index contributed by atoms with van der Waals surface area (Å²) < 4.78 is 9.58. The number of methoxy groups -OCH3 is 1. The van der Waals surface area contributed by atoms with Gasteiger partial charge in [0, 0.05) is 0 Å². The van der Waals surface area contributed by atoms with Gasteiger partial charge in [0.15, 0.2) is 11.4 Å². The molecule has 0 unspecified atom stereocenters. The third-order valence-electron chi connectivity index (χ3n) is 2.27. The van der Waals surface area contributed by atoms with Crippen LogP contribution in [0.1, 0.15) is 16.2 Å². The second-order valence-corrected chi connectivity index (χ2v) is 3.33. The molecule has 0 atom stereocenters. The van der Waals surface area contributed by atoms with Crippen molar-refractivity contribution in [2.75, 3.05) is 7.11 Å². The lowest BCUT2D eigenvalue weighted by Crippen LogP contribution is -2.06. The number of ether oxygens (including phenoxy) is 1. The topological polar surface area (TPSA) is 96.4 Å². The van der Waals surface area contributed by atoms with Crippen LogP contribution in [0.2, 0.25) is 0 Å². The van der Waals surface area contributed by atoms with Gasteiger partial charge < -0.3 is 14.3 Å². The first-order valence-corrected chi connectivity index (χ1v) is 4.93. The minimum Gasteiger partial charge on any atom is -0.505 e. The Morgan fingerprint density at radius 1 is 1.61 bits per heavy atom.